The van der Waals surface area contributed by atoms with Crippen LogP contribution in [-0.4, -0.2) is 31.6 Å². The van der Waals surface area contributed by atoms with Gasteiger partial charge in [0.2, 0.25) is 0 Å². The van der Waals surface area contributed by atoms with Gasteiger partial charge in [-0.25, -0.2) is 19.9 Å². The second kappa shape index (κ2) is 8.94. The number of carbonyl (C=O) groups is 2. The van der Waals surface area contributed by atoms with Crippen LogP contribution in [0.2, 0.25) is 5.02 Å². The van der Waals surface area contributed by atoms with Gasteiger partial charge < -0.3 is 11.1 Å². The van der Waals surface area contributed by atoms with E-state index >= 15 is 0 Å². The Kier molecular flexibility index (Phi) is 6.51. The van der Waals surface area contributed by atoms with Crippen molar-refractivity contribution in [3.63, 3.8) is 0 Å². The van der Waals surface area contributed by atoms with Gasteiger partial charge in [-0.1, -0.05) is 18.5 Å². The van der Waals surface area contributed by atoms with Crippen molar-refractivity contribution in [2.75, 3.05) is 11.1 Å². The van der Waals surface area contributed by atoms with Crippen LogP contribution < -0.4 is 11.1 Å². The predicted octanol–water partition coefficient (Wildman–Crippen LogP) is 4.21. The molecule has 0 radical (unpaired) electrons. The molecular formula is C18H14ClF3N6O2S. The molecule has 3 N–H and O–H groups in total. The molecule has 0 spiro atoms. The average molecular weight is 471 g/mol. The summed E-state index contributed by atoms with van der Waals surface area (Å²) in [6, 6.07) is 2.01. The Bertz CT molecular complexity index is 1140. The Balaban J connectivity index is 1.69. The number of thiazole rings is 1. The number of amides is 1. The summed E-state index contributed by atoms with van der Waals surface area (Å²) in [6.07, 6.45) is -1.34. The highest BCUT2D eigenvalue weighted by atomic mass is 35.5. The van der Waals surface area contributed by atoms with E-state index in [1.54, 1.807) is 6.92 Å². The van der Waals surface area contributed by atoms with Gasteiger partial charge in [0, 0.05) is 24.6 Å². The van der Waals surface area contributed by atoms with Crippen molar-refractivity contribution in [2.45, 2.75) is 25.4 Å². The minimum Gasteiger partial charge on any atom is -0.384 e. The van der Waals surface area contributed by atoms with Crippen LogP contribution >= 0.6 is 22.9 Å². The summed E-state index contributed by atoms with van der Waals surface area (Å²) in [6.45, 7) is 1.75. The van der Waals surface area contributed by atoms with Crippen molar-refractivity contribution >= 4 is 46.3 Å². The van der Waals surface area contributed by atoms with Gasteiger partial charge in [0.15, 0.2) is 5.78 Å². The van der Waals surface area contributed by atoms with Crippen molar-refractivity contribution in [3.8, 4) is 0 Å². The number of pyridine rings is 1. The van der Waals surface area contributed by atoms with Crippen LogP contribution in [0.1, 0.15) is 50.0 Å². The maximum absolute atomic E-state index is 13.0. The molecule has 3 heterocycles. The Morgan fingerprint density at radius 1 is 1.19 bits per heavy atom. The number of anilines is 2. The van der Waals surface area contributed by atoms with Crippen molar-refractivity contribution in [3.05, 3.63) is 57.0 Å². The van der Waals surface area contributed by atoms with Crippen LogP contribution in [0.15, 0.2) is 30.9 Å². The molecule has 3 aromatic heterocycles. The molecule has 0 saturated carbocycles. The number of hydrogen-bond acceptors (Lipinski definition) is 8. The number of alkyl halides is 3. The lowest BCUT2D eigenvalue weighted by Gasteiger charge is -2.10. The molecule has 3 rings (SSSR count). The molecule has 13 heteroatoms. The number of nitrogen functional groups attached to an aromatic ring is 1. The van der Waals surface area contributed by atoms with Gasteiger partial charge in [0.25, 0.3) is 5.91 Å². The first kappa shape index (κ1) is 22.6. The molecule has 0 fully saturated rings. The zero-order valence-corrected chi connectivity index (χ0v) is 17.3. The molecule has 162 valence electrons. The van der Waals surface area contributed by atoms with Crippen molar-refractivity contribution in [1.82, 2.24) is 19.9 Å². The number of nitrogens with two attached hydrogens (primary N) is 1. The topological polar surface area (TPSA) is 124 Å². The number of ketones is 1. The molecule has 0 aliphatic rings. The third-order valence-electron chi connectivity index (χ3n) is 4.04. The Morgan fingerprint density at radius 3 is 2.61 bits per heavy atom. The van der Waals surface area contributed by atoms with Gasteiger partial charge in [-0.3, -0.25) is 9.59 Å². The summed E-state index contributed by atoms with van der Waals surface area (Å²) in [7, 11) is 0. The molecule has 0 saturated heterocycles. The fraction of sp³-hybridized carbons (Fsp3) is 0.222. The first-order valence-corrected chi connectivity index (χ1v) is 9.84. The zero-order chi connectivity index (χ0) is 22.8. The lowest BCUT2D eigenvalue weighted by molar-refractivity contribution is -0.137. The van der Waals surface area contributed by atoms with Crippen molar-refractivity contribution in [2.24, 2.45) is 0 Å². The number of rotatable bonds is 6. The Labute approximate surface area is 182 Å². The van der Waals surface area contributed by atoms with E-state index in [2.05, 4.69) is 25.3 Å². The molecule has 0 aromatic carbocycles. The van der Waals surface area contributed by atoms with E-state index in [0.29, 0.717) is 11.1 Å². The summed E-state index contributed by atoms with van der Waals surface area (Å²) in [4.78, 5) is 40.3. The maximum Gasteiger partial charge on any atom is 0.418 e. The minimum absolute atomic E-state index is 0.0682. The van der Waals surface area contributed by atoms with E-state index < -0.39 is 22.7 Å². The number of Topliss-reactive ketones (excluding diaryl/α,β-unsaturated/α-hetero) is 1. The van der Waals surface area contributed by atoms with Gasteiger partial charge >= 0.3 is 6.18 Å². The highest BCUT2D eigenvalue weighted by molar-refractivity contribution is 7.13. The molecule has 31 heavy (non-hydrogen) atoms. The van der Waals surface area contributed by atoms with Crippen LogP contribution in [0, 0.1) is 0 Å². The fourth-order valence-electron chi connectivity index (χ4n) is 2.52. The van der Waals surface area contributed by atoms with Crippen LogP contribution in [0.5, 0.6) is 0 Å². The second-order valence-electron chi connectivity index (χ2n) is 6.42. The van der Waals surface area contributed by atoms with Crippen molar-refractivity contribution in [1.29, 1.82) is 0 Å². The predicted molar refractivity (Wildman–Crippen MR) is 108 cm³/mol. The summed E-state index contributed by atoms with van der Waals surface area (Å²) >= 11 is 6.53. The molecule has 0 aliphatic carbocycles. The Hall–Kier alpha value is -3.12. The highest BCUT2D eigenvalue weighted by Gasteiger charge is 2.34. The molecule has 1 amide bonds. The largest absolute Gasteiger partial charge is 0.418 e. The number of nitrogens with one attached hydrogen (secondary N) is 1. The first-order chi connectivity index (χ1) is 14.5. The number of aromatic nitrogens is 4. The number of nitrogens with zero attached hydrogens (tertiary/aromatic N) is 4. The SMILES string of the molecule is CC(CC(=O)c1cc(N)ncn1)c1ncc(C(=O)Nc2cc(C(F)(F)F)c(Cl)cn2)s1. The van der Waals surface area contributed by atoms with Gasteiger partial charge in [-0.15, -0.1) is 11.3 Å². The number of halogens is 4. The molecule has 3 aromatic rings. The second-order valence-corrected chi connectivity index (χ2v) is 7.89. The molecule has 0 bridgehead atoms. The van der Waals surface area contributed by atoms with E-state index in [0.717, 1.165) is 17.5 Å². The average Bonchev–Trinajstić information content (AvgIpc) is 3.19. The molecule has 8 nitrogen and oxygen atoms in total. The third-order valence-corrected chi connectivity index (χ3v) is 5.57. The summed E-state index contributed by atoms with van der Waals surface area (Å²) in [5.41, 5.74) is 4.61. The van der Waals surface area contributed by atoms with E-state index in [9.17, 15) is 22.8 Å². The lowest BCUT2D eigenvalue weighted by Crippen LogP contribution is -2.13. The molecule has 1 unspecified atom stereocenters. The van der Waals surface area contributed by atoms with E-state index in [1.807, 2.05) is 0 Å². The van der Waals surface area contributed by atoms with Gasteiger partial charge in [-0.05, 0) is 6.07 Å². The van der Waals surface area contributed by atoms with Crippen LogP contribution in [0.3, 0.4) is 0 Å². The lowest BCUT2D eigenvalue weighted by atomic mass is 10.0. The first-order valence-electron chi connectivity index (χ1n) is 8.65. The Morgan fingerprint density at radius 2 is 1.94 bits per heavy atom. The molecule has 0 aliphatic heterocycles. The van der Waals surface area contributed by atoms with Crippen LogP contribution in [0.4, 0.5) is 24.8 Å². The van der Waals surface area contributed by atoms with Gasteiger partial charge in [-0.2, -0.15) is 13.2 Å². The highest BCUT2D eigenvalue weighted by Crippen LogP contribution is 2.35. The van der Waals surface area contributed by atoms with E-state index in [4.69, 9.17) is 17.3 Å². The van der Waals surface area contributed by atoms with Crippen LogP contribution in [-0.2, 0) is 6.18 Å². The molecular weight excluding hydrogens is 457 g/mol. The smallest absolute Gasteiger partial charge is 0.384 e. The summed E-state index contributed by atoms with van der Waals surface area (Å²) in [5, 5.41) is 2.21. The summed E-state index contributed by atoms with van der Waals surface area (Å²) in [5.74, 6) is -1.42. The summed E-state index contributed by atoms with van der Waals surface area (Å²) < 4.78 is 38.9. The third kappa shape index (κ3) is 5.52. The fourth-order valence-corrected chi connectivity index (χ4v) is 3.59. The normalized spacial score (nSPS) is 12.4. The van der Waals surface area contributed by atoms with Gasteiger partial charge in [0.1, 0.15) is 28.5 Å². The zero-order valence-electron chi connectivity index (χ0n) is 15.8. The monoisotopic (exact) mass is 470 g/mol. The van der Waals surface area contributed by atoms with Crippen LogP contribution in [0.25, 0.3) is 0 Å². The minimum atomic E-state index is -4.69. The van der Waals surface area contributed by atoms with Crippen molar-refractivity contribution < 1.29 is 22.8 Å². The maximum atomic E-state index is 13.0. The number of hydrogen-bond donors (Lipinski definition) is 2. The quantitative estimate of drug-likeness (QED) is 0.517. The van der Waals surface area contributed by atoms with Gasteiger partial charge in [0.05, 0.1) is 21.8 Å². The number of carbonyl (C=O) groups excluding carboxylic acids is 2. The van der Waals surface area contributed by atoms with E-state index in [-0.39, 0.29) is 40.3 Å². The molecule has 1 atom stereocenters. The standard InChI is InChI=1S/C18H14ClF3N6O2S/c1-8(2-12(29)11-4-14(23)27-7-26-11)17-25-6-13(31-17)16(30)28-15-3-9(18(20,21)22)10(19)5-24-15/h3-8H,2H2,1H3,(H2,23,26,27)(H,24,28,30). The van der Waals surface area contributed by atoms with E-state index in [1.165, 1.54) is 18.6 Å².